The van der Waals surface area contributed by atoms with Crippen LogP contribution in [0.25, 0.3) is 11.4 Å². The highest BCUT2D eigenvalue weighted by molar-refractivity contribution is 6.30. The molecule has 0 aliphatic heterocycles. The van der Waals surface area contributed by atoms with E-state index in [0.717, 1.165) is 5.56 Å². The molecule has 1 aromatic heterocycles. The number of aromatic amines is 1. The Morgan fingerprint density at radius 2 is 1.87 bits per heavy atom. The fourth-order valence-corrected chi connectivity index (χ4v) is 1.21. The van der Waals surface area contributed by atoms with Crippen molar-refractivity contribution >= 4 is 17.4 Å². The Balaban J connectivity index is 2.50. The predicted octanol–water partition coefficient (Wildman–Crippen LogP) is 1.07. The highest BCUT2D eigenvalue weighted by Crippen LogP contribution is 2.16. The van der Waals surface area contributed by atoms with Gasteiger partial charge in [-0.15, -0.1) is 10.2 Å². The molecule has 2 rings (SSSR count). The molecule has 0 saturated carbocycles. The SMILES string of the molecule is Nc1nnc(-c2ccc(Cl)cc2)[nH]c1=O. The number of rotatable bonds is 1. The van der Waals surface area contributed by atoms with E-state index in [1.807, 2.05) is 0 Å². The Morgan fingerprint density at radius 3 is 2.47 bits per heavy atom. The smallest absolute Gasteiger partial charge is 0.293 e. The van der Waals surface area contributed by atoms with Gasteiger partial charge >= 0.3 is 0 Å². The zero-order valence-electron chi connectivity index (χ0n) is 7.57. The molecule has 0 fully saturated rings. The third kappa shape index (κ3) is 1.97. The summed E-state index contributed by atoms with van der Waals surface area (Å²) in [7, 11) is 0. The van der Waals surface area contributed by atoms with Gasteiger partial charge in [0.25, 0.3) is 5.56 Å². The third-order valence-electron chi connectivity index (χ3n) is 1.84. The molecule has 0 unspecified atom stereocenters. The Kier molecular flexibility index (Phi) is 2.39. The van der Waals surface area contributed by atoms with Gasteiger partial charge < -0.3 is 10.7 Å². The van der Waals surface area contributed by atoms with Gasteiger partial charge in [0.1, 0.15) is 0 Å². The van der Waals surface area contributed by atoms with E-state index in [1.54, 1.807) is 24.3 Å². The van der Waals surface area contributed by atoms with E-state index in [0.29, 0.717) is 10.8 Å². The van der Waals surface area contributed by atoms with Crippen LogP contribution in [0.15, 0.2) is 29.1 Å². The lowest BCUT2D eigenvalue weighted by atomic mass is 10.2. The standard InChI is InChI=1S/C9H7ClN4O/c10-6-3-1-5(2-4-6)8-12-9(15)7(11)13-14-8/h1-4H,(H2,11,13)(H,12,14,15). The minimum Gasteiger partial charge on any atom is -0.378 e. The third-order valence-corrected chi connectivity index (χ3v) is 2.09. The summed E-state index contributed by atoms with van der Waals surface area (Å²) in [6, 6.07) is 6.87. The molecular weight excluding hydrogens is 216 g/mol. The molecule has 15 heavy (non-hydrogen) atoms. The van der Waals surface area contributed by atoms with Crippen molar-refractivity contribution in [3.63, 3.8) is 0 Å². The molecule has 6 heteroatoms. The van der Waals surface area contributed by atoms with Crippen LogP contribution in [0.1, 0.15) is 0 Å². The number of aromatic nitrogens is 3. The number of nitrogens with two attached hydrogens (primary N) is 1. The Hall–Kier alpha value is -1.88. The minimum absolute atomic E-state index is 0.146. The van der Waals surface area contributed by atoms with Crippen LogP contribution in [-0.2, 0) is 0 Å². The van der Waals surface area contributed by atoms with Crippen LogP contribution >= 0.6 is 11.6 Å². The lowest BCUT2D eigenvalue weighted by Gasteiger charge is -1.99. The molecule has 0 aliphatic rings. The Morgan fingerprint density at radius 1 is 1.20 bits per heavy atom. The van der Waals surface area contributed by atoms with Crippen molar-refractivity contribution in [2.75, 3.05) is 5.73 Å². The van der Waals surface area contributed by atoms with Crippen LogP contribution in [0, 0.1) is 0 Å². The van der Waals surface area contributed by atoms with Gasteiger partial charge in [0.05, 0.1) is 0 Å². The zero-order chi connectivity index (χ0) is 10.8. The summed E-state index contributed by atoms with van der Waals surface area (Å²) in [5.74, 6) is 0.221. The van der Waals surface area contributed by atoms with Gasteiger partial charge in [0.2, 0.25) is 5.82 Å². The summed E-state index contributed by atoms with van der Waals surface area (Å²) in [4.78, 5) is 13.7. The summed E-state index contributed by atoms with van der Waals surface area (Å²) in [5, 5.41) is 7.91. The van der Waals surface area contributed by atoms with Gasteiger partial charge in [0, 0.05) is 10.6 Å². The van der Waals surface area contributed by atoms with Gasteiger partial charge in [-0.1, -0.05) is 11.6 Å². The first kappa shape index (κ1) is 9.67. The van der Waals surface area contributed by atoms with Gasteiger partial charge in [-0.25, -0.2) is 0 Å². The Labute approximate surface area is 89.9 Å². The number of H-pyrrole nitrogens is 1. The average molecular weight is 223 g/mol. The highest BCUT2D eigenvalue weighted by Gasteiger charge is 2.03. The summed E-state index contributed by atoms with van der Waals surface area (Å²) in [6.07, 6.45) is 0. The lowest BCUT2D eigenvalue weighted by Crippen LogP contribution is -2.16. The number of nitrogens with one attached hydrogen (secondary N) is 1. The van der Waals surface area contributed by atoms with Gasteiger partial charge in [-0.3, -0.25) is 4.79 Å². The molecule has 76 valence electrons. The number of anilines is 1. The van der Waals surface area contributed by atoms with Gasteiger partial charge in [-0.2, -0.15) is 0 Å². The van der Waals surface area contributed by atoms with Crippen molar-refractivity contribution in [1.82, 2.24) is 15.2 Å². The quantitative estimate of drug-likeness (QED) is 0.756. The fourth-order valence-electron chi connectivity index (χ4n) is 1.08. The molecule has 2 aromatic rings. The molecule has 1 aromatic carbocycles. The molecule has 3 N–H and O–H groups in total. The predicted molar refractivity (Wildman–Crippen MR) is 57.5 cm³/mol. The van der Waals surface area contributed by atoms with E-state index in [4.69, 9.17) is 17.3 Å². The molecule has 5 nitrogen and oxygen atoms in total. The molecule has 0 bridgehead atoms. The summed E-state index contributed by atoms with van der Waals surface area (Å²) in [6.45, 7) is 0. The second-order valence-corrected chi connectivity index (χ2v) is 3.33. The molecule has 0 atom stereocenters. The lowest BCUT2D eigenvalue weighted by molar-refractivity contribution is 0.967. The van der Waals surface area contributed by atoms with Gasteiger partial charge in [0.15, 0.2) is 5.82 Å². The van der Waals surface area contributed by atoms with Crippen molar-refractivity contribution < 1.29 is 0 Å². The largest absolute Gasteiger partial charge is 0.378 e. The number of benzene rings is 1. The maximum Gasteiger partial charge on any atom is 0.293 e. The summed E-state index contributed by atoms with van der Waals surface area (Å²) in [5.41, 5.74) is 5.53. The second kappa shape index (κ2) is 3.70. The maximum absolute atomic E-state index is 11.2. The van der Waals surface area contributed by atoms with E-state index in [2.05, 4.69) is 15.2 Å². The molecule has 0 radical (unpaired) electrons. The van der Waals surface area contributed by atoms with E-state index in [-0.39, 0.29) is 5.82 Å². The van der Waals surface area contributed by atoms with Crippen molar-refractivity contribution in [2.45, 2.75) is 0 Å². The van der Waals surface area contributed by atoms with Crippen molar-refractivity contribution in [1.29, 1.82) is 0 Å². The molecule has 0 aliphatic carbocycles. The average Bonchev–Trinajstić information content (AvgIpc) is 2.23. The van der Waals surface area contributed by atoms with Crippen LogP contribution in [0.3, 0.4) is 0 Å². The molecule has 1 heterocycles. The monoisotopic (exact) mass is 222 g/mol. The first-order valence-electron chi connectivity index (χ1n) is 4.15. The number of halogens is 1. The van der Waals surface area contributed by atoms with Crippen molar-refractivity contribution in [2.24, 2.45) is 0 Å². The van der Waals surface area contributed by atoms with Crippen LogP contribution in [0.2, 0.25) is 5.02 Å². The summed E-state index contributed by atoms with van der Waals surface area (Å²) < 4.78 is 0. The summed E-state index contributed by atoms with van der Waals surface area (Å²) >= 11 is 5.73. The first-order chi connectivity index (χ1) is 7.16. The van der Waals surface area contributed by atoms with Crippen LogP contribution in [0.4, 0.5) is 5.82 Å². The van der Waals surface area contributed by atoms with Crippen LogP contribution in [0.5, 0.6) is 0 Å². The van der Waals surface area contributed by atoms with Crippen molar-refractivity contribution in [3.8, 4) is 11.4 Å². The van der Waals surface area contributed by atoms with E-state index in [1.165, 1.54) is 0 Å². The number of nitrogen functional groups attached to an aromatic ring is 1. The van der Waals surface area contributed by atoms with Gasteiger partial charge in [-0.05, 0) is 24.3 Å². The number of hydrogen-bond donors (Lipinski definition) is 2. The second-order valence-electron chi connectivity index (χ2n) is 2.89. The fraction of sp³-hybridized carbons (Fsp3) is 0. The van der Waals surface area contributed by atoms with Crippen LogP contribution < -0.4 is 11.3 Å². The highest BCUT2D eigenvalue weighted by atomic mass is 35.5. The molecule has 0 saturated heterocycles. The van der Waals surface area contributed by atoms with E-state index >= 15 is 0 Å². The van der Waals surface area contributed by atoms with Crippen LogP contribution in [-0.4, -0.2) is 15.2 Å². The molecule has 0 spiro atoms. The zero-order valence-corrected chi connectivity index (χ0v) is 8.32. The van der Waals surface area contributed by atoms with Crippen molar-refractivity contribution in [3.05, 3.63) is 39.6 Å². The normalized spacial score (nSPS) is 10.2. The molecule has 0 amide bonds. The Bertz CT molecular complexity index is 535. The minimum atomic E-state index is -0.449. The first-order valence-corrected chi connectivity index (χ1v) is 4.53. The maximum atomic E-state index is 11.2. The number of hydrogen-bond acceptors (Lipinski definition) is 4. The molecular formula is C9H7ClN4O. The topological polar surface area (TPSA) is 84.7 Å². The van der Waals surface area contributed by atoms with E-state index in [9.17, 15) is 4.79 Å². The number of nitrogens with zero attached hydrogens (tertiary/aromatic N) is 2. The van der Waals surface area contributed by atoms with E-state index < -0.39 is 5.56 Å².